The minimum Gasteiger partial charge on any atom is -0.460 e. The first kappa shape index (κ1) is 18.5. The molecule has 1 unspecified atom stereocenters. The van der Waals surface area contributed by atoms with Gasteiger partial charge in [0.1, 0.15) is 13.2 Å². The molecule has 24 heavy (non-hydrogen) atoms. The van der Waals surface area contributed by atoms with Gasteiger partial charge in [-0.2, -0.15) is 0 Å². The average Bonchev–Trinajstić information content (AvgIpc) is 2.84. The van der Waals surface area contributed by atoms with Crippen molar-refractivity contribution in [2.45, 2.75) is 45.7 Å². The van der Waals surface area contributed by atoms with Crippen LogP contribution in [0, 0.1) is 11.8 Å². The number of nitrogens with one attached hydrogen (secondary N) is 1. The SMILES string of the molecule is C=CCOC(=O)CN1C(=O)[C@H](C(C)C)[C@H]1CCC1C=C(C)N(C)N1. The van der Waals surface area contributed by atoms with Gasteiger partial charge in [-0.25, -0.2) is 5.43 Å². The zero-order valence-electron chi connectivity index (χ0n) is 15.1. The van der Waals surface area contributed by atoms with E-state index in [1.54, 1.807) is 4.90 Å². The number of rotatable bonds is 8. The first-order chi connectivity index (χ1) is 11.3. The minimum absolute atomic E-state index is 0.00131. The molecule has 2 rings (SSSR count). The lowest BCUT2D eigenvalue weighted by molar-refractivity contribution is -0.167. The van der Waals surface area contributed by atoms with Gasteiger partial charge in [0.2, 0.25) is 5.91 Å². The Hall–Kier alpha value is -1.82. The zero-order valence-corrected chi connectivity index (χ0v) is 15.1. The van der Waals surface area contributed by atoms with Gasteiger partial charge < -0.3 is 14.6 Å². The fraction of sp³-hybridized carbons (Fsp3) is 0.667. The molecule has 6 heteroatoms. The Morgan fingerprint density at radius 2 is 2.17 bits per heavy atom. The van der Waals surface area contributed by atoms with E-state index in [0.29, 0.717) is 0 Å². The van der Waals surface area contributed by atoms with Crippen molar-refractivity contribution in [3.63, 3.8) is 0 Å². The summed E-state index contributed by atoms with van der Waals surface area (Å²) in [5.74, 6) is -0.0282. The van der Waals surface area contributed by atoms with Gasteiger partial charge in [0, 0.05) is 24.8 Å². The van der Waals surface area contributed by atoms with Gasteiger partial charge in [-0.3, -0.25) is 9.59 Å². The number of hydrazine groups is 1. The van der Waals surface area contributed by atoms with E-state index in [4.69, 9.17) is 4.74 Å². The van der Waals surface area contributed by atoms with Crippen LogP contribution in [0.25, 0.3) is 0 Å². The normalized spacial score (nSPS) is 26.5. The molecule has 0 aromatic rings. The highest BCUT2D eigenvalue weighted by molar-refractivity contribution is 5.89. The molecule has 6 nitrogen and oxygen atoms in total. The molecule has 1 fully saturated rings. The Morgan fingerprint density at radius 3 is 2.71 bits per heavy atom. The Bertz CT molecular complexity index is 530. The number of carbonyl (C=O) groups is 2. The molecule has 1 N–H and O–H groups in total. The number of nitrogens with zero attached hydrogens (tertiary/aromatic N) is 2. The van der Waals surface area contributed by atoms with Crippen LogP contribution in [-0.4, -0.2) is 54.1 Å². The summed E-state index contributed by atoms with van der Waals surface area (Å²) < 4.78 is 5.02. The maximum atomic E-state index is 12.4. The molecule has 2 aliphatic heterocycles. The van der Waals surface area contributed by atoms with E-state index in [0.717, 1.165) is 12.8 Å². The Balaban J connectivity index is 1.93. The van der Waals surface area contributed by atoms with Crippen molar-refractivity contribution in [1.82, 2.24) is 15.3 Å². The van der Waals surface area contributed by atoms with Crippen LogP contribution in [0.15, 0.2) is 24.4 Å². The van der Waals surface area contributed by atoms with Crippen molar-refractivity contribution in [1.29, 1.82) is 0 Å². The summed E-state index contributed by atoms with van der Waals surface area (Å²) in [5.41, 5.74) is 4.58. The standard InChI is InChI=1S/C18H29N3O3/c1-6-9-24-16(22)11-21-15(17(12(2)3)18(21)23)8-7-14-10-13(4)20(5)19-14/h6,10,12,14-15,17,19H,1,7-9,11H2,2-5H3/t14?,15-,17-/m1/s1. The zero-order chi connectivity index (χ0) is 17.9. The fourth-order valence-corrected chi connectivity index (χ4v) is 3.52. The van der Waals surface area contributed by atoms with Gasteiger partial charge in [0.05, 0.1) is 5.92 Å². The van der Waals surface area contributed by atoms with Crippen LogP contribution in [0.1, 0.15) is 33.6 Å². The van der Waals surface area contributed by atoms with Crippen molar-refractivity contribution in [3.8, 4) is 0 Å². The highest BCUT2D eigenvalue weighted by Crippen LogP contribution is 2.36. The number of ether oxygens (including phenoxy) is 1. The van der Waals surface area contributed by atoms with Gasteiger partial charge in [0.25, 0.3) is 0 Å². The minimum atomic E-state index is -0.370. The summed E-state index contributed by atoms with van der Waals surface area (Å²) in [6, 6.07) is 0.392. The molecule has 2 heterocycles. The molecule has 0 saturated carbocycles. The van der Waals surface area contributed by atoms with E-state index >= 15 is 0 Å². The Morgan fingerprint density at radius 1 is 1.46 bits per heavy atom. The molecule has 0 spiro atoms. The lowest BCUT2D eigenvalue weighted by atomic mass is 9.76. The number of β-lactam (4-membered cyclic amide) rings is 1. The number of hydrogen-bond acceptors (Lipinski definition) is 5. The van der Waals surface area contributed by atoms with Gasteiger partial charge in [-0.05, 0) is 31.8 Å². The largest absolute Gasteiger partial charge is 0.460 e. The summed E-state index contributed by atoms with van der Waals surface area (Å²) in [6.45, 7) is 9.94. The monoisotopic (exact) mass is 335 g/mol. The van der Waals surface area contributed by atoms with Crippen LogP contribution in [0.4, 0.5) is 0 Å². The third-order valence-corrected chi connectivity index (χ3v) is 4.87. The van der Waals surface area contributed by atoms with Gasteiger partial charge >= 0.3 is 5.97 Å². The molecule has 2 aliphatic rings. The third-order valence-electron chi connectivity index (χ3n) is 4.87. The molecular formula is C18H29N3O3. The summed E-state index contributed by atoms with van der Waals surface area (Å²) in [6.07, 6.45) is 5.54. The maximum Gasteiger partial charge on any atom is 0.325 e. The fourth-order valence-electron chi connectivity index (χ4n) is 3.52. The van der Waals surface area contributed by atoms with E-state index in [2.05, 4.69) is 38.9 Å². The molecule has 0 aliphatic carbocycles. The summed E-state index contributed by atoms with van der Waals surface area (Å²) in [7, 11) is 2.00. The van der Waals surface area contributed by atoms with E-state index in [1.165, 1.54) is 11.8 Å². The predicted octanol–water partition coefficient (Wildman–Crippen LogP) is 1.70. The van der Waals surface area contributed by atoms with E-state index in [9.17, 15) is 9.59 Å². The number of amides is 1. The van der Waals surface area contributed by atoms with Gasteiger partial charge in [0.15, 0.2) is 0 Å². The summed E-state index contributed by atoms with van der Waals surface area (Å²) in [4.78, 5) is 25.9. The molecule has 0 radical (unpaired) electrons. The molecule has 0 aromatic carbocycles. The second kappa shape index (κ2) is 7.83. The maximum absolute atomic E-state index is 12.4. The second-order valence-corrected chi connectivity index (χ2v) is 6.95. The summed E-state index contributed by atoms with van der Waals surface area (Å²) in [5, 5.41) is 2.01. The van der Waals surface area contributed by atoms with Crippen LogP contribution < -0.4 is 5.43 Å². The van der Waals surface area contributed by atoms with E-state index in [1.807, 2.05) is 12.1 Å². The number of allylic oxidation sites excluding steroid dienone is 1. The van der Waals surface area contributed by atoms with Crippen LogP contribution >= 0.6 is 0 Å². The highest BCUT2D eigenvalue weighted by Gasteiger charge is 2.48. The first-order valence-electron chi connectivity index (χ1n) is 8.60. The second-order valence-electron chi connectivity index (χ2n) is 6.95. The van der Waals surface area contributed by atoms with Gasteiger partial charge in [-0.1, -0.05) is 26.5 Å². The topological polar surface area (TPSA) is 61.9 Å². The lowest BCUT2D eigenvalue weighted by Crippen LogP contribution is -2.64. The molecule has 1 amide bonds. The Kier molecular flexibility index (Phi) is 6.04. The molecule has 3 atom stereocenters. The molecule has 1 saturated heterocycles. The van der Waals surface area contributed by atoms with Crippen LogP contribution in [0.3, 0.4) is 0 Å². The molecule has 134 valence electrons. The number of hydrogen-bond donors (Lipinski definition) is 1. The van der Waals surface area contributed by atoms with Crippen molar-refractivity contribution >= 4 is 11.9 Å². The number of likely N-dealkylation sites (tertiary alicyclic amines) is 1. The molecule has 0 bridgehead atoms. The van der Waals surface area contributed by atoms with E-state index in [-0.39, 0.29) is 48.9 Å². The van der Waals surface area contributed by atoms with Crippen molar-refractivity contribution in [2.75, 3.05) is 20.2 Å². The van der Waals surface area contributed by atoms with E-state index < -0.39 is 0 Å². The van der Waals surface area contributed by atoms with Crippen molar-refractivity contribution in [2.24, 2.45) is 11.8 Å². The van der Waals surface area contributed by atoms with Crippen molar-refractivity contribution in [3.05, 3.63) is 24.4 Å². The first-order valence-corrected chi connectivity index (χ1v) is 8.60. The third kappa shape index (κ3) is 3.98. The number of esters is 1. The van der Waals surface area contributed by atoms with Crippen LogP contribution in [0.2, 0.25) is 0 Å². The van der Waals surface area contributed by atoms with Crippen LogP contribution in [-0.2, 0) is 14.3 Å². The lowest BCUT2D eigenvalue weighted by Gasteiger charge is -2.49. The molecule has 0 aromatic heterocycles. The van der Waals surface area contributed by atoms with Gasteiger partial charge in [-0.15, -0.1) is 0 Å². The predicted molar refractivity (Wildman–Crippen MR) is 92.7 cm³/mol. The van der Waals surface area contributed by atoms with Crippen LogP contribution in [0.5, 0.6) is 0 Å². The Labute approximate surface area is 144 Å². The summed E-state index contributed by atoms with van der Waals surface area (Å²) >= 11 is 0. The quantitative estimate of drug-likeness (QED) is 0.416. The molecular weight excluding hydrogens is 306 g/mol. The highest BCUT2D eigenvalue weighted by atomic mass is 16.5. The number of carbonyl (C=O) groups excluding carboxylic acids is 2. The smallest absolute Gasteiger partial charge is 0.325 e. The van der Waals surface area contributed by atoms with Crippen molar-refractivity contribution < 1.29 is 14.3 Å². The average molecular weight is 335 g/mol.